The molecule has 8 heteroatoms. The SMILES string of the molecule is Cc1cc(NC(=O)CCC(=O)c2ccc(C)c(C)c2)n(-c2ncc(Cl)cc2Cl)n1. The third-order valence-electron chi connectivity index (χ3n) is 4.50. The lowest BCUT2D eigenvalue weighted by atomic mass is 10.0. The zero-order chi connectivity index (χ0) is 21.1. The highest BCUT2D eigenvalue weighted by Crippen LogP contribution is 2.25. The summed E-state index contributed by atoms with van der Waals surface area (Å²) in [6.07, 6.45) is 1.62. The van der Waals surface area contributed by atoms with Crippen molar-refractivity contribution >= 4 is 40.7 Å². The van der Waals surface area contributed by atoms with Crippen LogP contribution >= 0.6 is 23.2 Å². The van der Waals surface area contributed by atoms with Gasteiger partial charge in [0.15, 0.2) is 11.6 Å². The number of hydrogen-bond donors (Lipinski definition) is 1. The van der Waals surface area contributed by atoms with Gasteiger partial charge in [0.25, 0.3) is 0 Å². The lowest BCUT2D eigenvalue weighted by Crippen LogP contribution is -2.16. The standard InChI is InChI=1S/C21H20Cl2N4O2/c1-12-4-5-15(8-13(12)2)18(28)6-7-20(29)25-19-9-14(3)26-27(19)21-17(23)10-16(22)11-24-21/h4-5,8-11H,6-7H2,1-3H3,(H,25,29). The molecule has 0 unspecified atom stereocenters. The minimum Gasteiger partial charge on any atom is -0.311 e. The number of nitrogens with zero attached hydrogens (tertiary/aromatic N) is 3. The predicted octanol–water partition coefficient (Wildman–Crippen LogP) is 5.10. The summed E-state index contributed by atoms with van der Waals surface area (Å²) in [5.74, 6) is 0.400. The third-order valence-corrected chi connectivity index (χ3v) is 4.98. The van der Waals surface area contributed by atoms with Gasteiger partial charge in [-0.2, -0.15) is 9.78 Å². The summed E-state index contributed by atoms with van der Waals surface area (Å²) in [5, 5.41) is 7.81. The Kier molecular flexibility index (Phi) is 6.35. The number of pyridine rings is 1. The molecule has 2 aromatic heterocycles. The van der Waals surface area contributed by atoms with Gasteiger partial charge in [-0.3, -0.25) is 9.59 Å². The van der Waals surface area contributed by atoms with Gasteiger partial charge in [-0.15, -0.1) is 0 Å². The number of aromatic nitrogens is 3. The van der Waals surface area contributed by atoms with Crippen molar-refractivity contribution < 1.29 is 9.59 Å². The van der Waals surface area contributed by atoms with E-state index in [9.17, 15) is 9.59 Å². The molecule has 1 aromatic carbocycles. The molecule has 150 valence electrons. The van der Waals surface area contributed by atoms with E-state index >= 15 is 0 Å². The van der Waals surface area contributed by atoms with Crippen LogP contribution in [0.15, 0.2) is 36.5 Å². The van der Waals surface area contributed by atoms with E-state index in [0.29, 0.717) is 32.9 Å². The quantitative estimate of drug-likeness (QED) is 0.551. The molecule has 0 radical (unpaired) electrons. The maximum absolute atomic E-state index is 12.4. The van der Waals surface area contributed by atoms with E-state index in [1.165, 1.54) is 10.9 Å². The highest BCUT2D eigenvalue weighted by Gasteiger charge is 2.16. The zero-order valence-electron chi connectivity index (χ0n) is 16.3. The molecule has 0 saturated carbocycles. The number of Topliss-reactive ketones (excluding diaryl/α,β-unsaturated/α-hetero) is 1. The Bertz CT molecular complexity index is 1090. The predicted molar refractivity (Wildman–Crippen MR) is 114 cm³/mol. The summed E-state index contributed by atoms with van der Waals surface area (Å²) in [4.78, 5) is 29.0. The van der Waals surface area contributed by atoms with E-state index in [2.05, 4.69) is 15.4 Å². The van der Waals surface area contributed by atoms with Crippen molar-refractivity contribution in [1.82, 2.24) is 14.8 Å². The third kappa shape index (κ3) is 5.02. The summed E-state index contributed by atoms with van der Waals surface area (Å²) < 4.78 is 1.44. The normalized spacial score (nSPS) is 10.8. The molecule has 3 rings (SSSR count). The number of amides is 1. The fourth-order valence-corrected chi connectivity index (χ4v) is 3.26. The van der Waals surface area contributed by atoms with E-state index in [1.807, 2.05) is 26.0 Å². The van der Waals surface area contributed by atoms with Gasteiger partial charge in [-0.1, -0.05) is 35.3 Å². The highest BCUT2D eigenvalue weighted by molar-refractivity contribution is 6.35. The van der Waals surface area contributed by atoms with Gasteiger partial charge in [0.2, 0.25) is 5.91 Å². The molecule has 6 nitrogen and oxygen atoms in total. The molecule has 0 aliphatic carbocycles. The van der Waals surface area contributed by atoms with Crippen LogP contribution in [0.1, 0.15) is 40.0 Å². The van der Waals surface area contributed by atoms with Crippen molar-refractivity contribution in [3.8, 4) is 5.82 Å². The van der Waals surface area contributed by atoms with Crippen LogP contribution in [0.2, 0.25) is 10.0 Å². The van der Waals surface area contributed by atoms with E-state index in [4.69, 9.17) is 23.2 Å². The molecule has 0 spiro atoms. The molecule has 0 aliphatic heterocycles. The van der Waals surface area contributed by atoms with Crippen LogP contribution in [-0.4, -0.2) is 26.5 Å². The maximum atomic E-state index is 12.4. The van der Waals surface area contributed by atoms with Crippen LogP contribution in [-0.2, 0) is 4.79 Å². The Balaban J connectivity index is 1.69. The first-order valence-electron chi connectivity index (χ1n) is 9.03. The Morgan fingerprint density at radius 3 is 2.48 bits per heavy atom. The molecular weight excluding hydrogens is 411 g/mol. The number of aryl methyl sites for hydroxylation is 3. The second-order valence-corrected chi connectivity index (χ2v) is 7.66. The summed E-state index contributed by atoms with van der Waals surface area (Å²) in [6, 6.07) is 8.80. The first kappa shape index (κ1) is 21.0. The number of ketones is 1. The number of hydrogen-bond acceptors (Lipinski definition) is 4. The molecule has 0 saturated heterocycles. The Labute approximate surface area is 178 Å². The highest BCUT2D eigenvalue weighted by atomic mass is 35.5. The number of rotatable bonds is 6. The molecule has 2 heterocycles. The number of benzene rings is 1. The minimum atomic E-state index is -0.298. The van der Waals surface area contributed by atoms with E-state index in [1.54, 1.807) is 25.1 Å². The van der Waals surface area contributed by atoms with E-state index in [0.717, 1.165) is 11.1 Å². The van der Waals surface area contributed by atoms with Crippen molar-refractivity contribution in [2.75, 3.05) is 5.32 Å². The van der Waals surface area contributed by atoms with Gasteiger partial charge in [0, 0.05) is 30.7 Å². The fraction of sp³-hybridized carbons (Fsp3) is 0.238. The Hall–Kier alpha value is -2.70. The number of nitrogens with one attached hydrogen (secondary N) is 1. The summed E-state index contributed by atoms with van der Waals surface area (Å²) in [6.45, 7) is 5.74. The van der Waals surface area contributed by atoms with Crippen LogP contribution in [0.3, 0.4) is 0 Å². The van der Waals surface area contributed by atoms with Gasteiger partial charge in [0.1, 0.15) is 5.82 Å². The first-order chi connectivity index (χ1) is 13.7. The average molecular weight is 431 g/mol. The topological polar surface area (TPSA) is 76.9 Å². The van der Waals surface area contributed by atoms with Crippen LogP contribution < -0.4 is 5.32 Å². The van der Waals surface area contributed by atoms with Gasteiger partial charge in [-0.25, -0.2) is 4.98 Å². The smallest absolute Gasteiger partial charge is 0.225 e. The second kappa shape index (κ2) is 8.76. The maximum Gasteiger partial charge on any atom is 0.225 e. The van der Waals surface area contributed by atoms with E-state index in [-0.39, 0.29) is 24.5 Å². The Morgan fingerprint density at radius 1 is 1.03 bits per heavy atom. The fourth-order valence-electron chi connectivity index (χ4n) is 2.80. The molecular formula is C21H20Cl2N4O2. The lowest BCUT2D eigenvalue weighted by Gasteiger charge is -2.10. The van der Waals surface area contributed by atoms with Crippen molar-refractivity contribution in [1.29, 1.82) is 0 Å². The molecule has 3 aromatic rings. The average Bonchev–Trinajstić information content (AvgIpc) is 3.01. The molecule has 1 N–H and O–H groups in total. The van der Waals surface area contributed by atoms with Crippen molar-refractivity contribution in [2.24, 2.45) is 0 Å². The largest absolute Gasteiger partial charge is 0.311 e. The van der Waals surface area contributed by atoms with Gasteiger partial charge >= 0.3 is 0 Å². The molecule has 0 fully saturated rings. The van der Waals surface area contributed by atoms with Gasteiger partial charge in [0.05, 0.1) is 15.7 Å². The van der Waals surface area contributed by atoms with Crippen LogP contribution in [0, 0.1) is 20.8 Å². The zero-order valence-corrected chi connectivity index (χ0v) is 17.8. The van der Waals surface area contributed by atoms with Crippen molar-refractivity contribution in [3.63, 3.8) is 0 Å². The molecule has 1 amide bonds. The summed E-state index contributed by atoms with van der Waals surface area (Å²) in [5.41, 5.74) is 3.46. The number of halogens is 2. The summed E-state index contributed by atoms with van der Waals surface area (Å²) >= 11 is 12.1. The van der Waals surface area contributed by atoms with Crippen molar-refractivity contribution in [2.45, 2.75) is 33.6 Å². The molecule has 0 atom stereocenters. The molecule has 29 heavy (non-hydrogen) atoms. The van der Waals surface area contributed by atoms with Gasteiger partial charge < -0.3 is 5.32 Å². The van der Waals surface area contributed by atoms with Gasteiger partial charge in [-0.05, 0) is 44.0 Å². The first-order valence-corrected chi connectivity index (χ1v) is 9.78. The second-order valence-electron chi connectivity index (χ2n) is 6.81. The lowest BCUT2D eigenvalue weighted by molar-refractivity contribution is -0.116. The van der Waals surface area contributed by atoms with Crippen molar-refractivity contribution in [3.05, 3.63) is 69.0 Å². The van der Waals surface area contributed by atoms with Crippen LogP contribution in [0.5, 0.6) is 0 Å². The number of carbonyl (C=O) groups excluding carboxylic acids is 2. The number of carbonyl (C=O) groups is 2. The minimum absolute atomic E-state index is 0.0533. The Morgan fingerprint density at radius 2 is 1.79 bits per heavy atom. The molecule has 0 bridgehead atoms. The number of anilines is 1. The summed E-state index contributed by atoms with van der Waals surface area (Å²) in [7, 11) is 0. The van der Waals surface area contributed by atoms with E-state index < -0.39 is 0 Å². The van der Waals surface area contributed by atoms with Crippen LogP contribution in [0.25, 0.3) is 5.82 Å². The molecule has 0 aliphatic rings. The van der Waals surface area contributed by atoms with Crippen LogP contribution in [0.4, 0.5) is 5.82 Å². The monoisotopic (exact) mass is 430 g/mol.